The first-order chi connectivity index (χ1) is 9.97. The Morgan fingerprint density at radius 2 is 2.14 bits per heavy atom. The molecule has 1 fully saturated rings. The average Bonchev–Trinajstić information content (AvgIpc) is 2.47. The highest BCUT2D eigenvalue weighted by Gasteiger charge is 2.33. The predicted octanol–water partition coefficient (Wildman–Crippen LogP) is 1.03. The number of methoxy groups -OCH3 is 1. The molecular formula is C13H20ClN3O3S. The second-order valence-electron chi connectivity index (χ2n) is 5.35. The highest BCUT2D eigenvalue weighted by molar-refractivity contribution is 7.89. The molecule has 0 saturated carbocycles. The van der Waals surface area contributed by atoms with Gasteiger partial charge >= 0.3 is 0 Å². The number of rotatable bonds is 6. The van der Waals surface area contributed by atoms with E-state index in [0.29, 0.717) is 18.2 Å². The third kappa shape index (κ3) is 4.37. The van der Waals surface area contributed by atoms with Crippen molar-refractivity contribution in [1.29, 1.82) is 0 Å². The molecule has 8 heteroatoms. The second kappa shape index (κ2) is 7.02. The molecule has 118 valence electrons. The van der Waals surface area contributed by atoms with Gasteiger partial charge in [0.25, 0.3) is 0 Å². The molecule has 1 saturated heterocycles. The van der Waals surface area contributed by atoms with E-state index < -0.39 is 10.0 Å². The quantitative estimate of drug-likeness (QED) is 0.812. The Bertz CT molecular complexity index is 568. The molecule has 1 aromatic heterocycles. The van der Waals surface area contributed by atoms with Crippen LogP contribution in [0.3, 0.4) is 0 Å². The van der Waals surface area contributed by atoms with Gasteiger partial charge in [0.05, 0.1) is 11.6 Å². The van der Waals surface area contributed by atoms with Crippen molar-refractivity contribution >= 4 is 21.6 Å². The lowest BCUT2D eigenvalue weighted by Gasteiger charge is -2.37. The molecule has 2 rings (SSSR count). The summed E-state index contributed by atoms with van der Waals surface area (Å²) >= 11 is 5.79. The predicted molar refractivity (Wildman–Crippen MR) is 80.8 cm³/mol. The first-order valence-electron chi connectivity index (χ1n) is 6.77. The van der Waals surface area contributed by atoms with Crippen molar-refractivity contribution in [3.63, 3.8) is 0 Å². The lowest BCUT2D eigenvalue weighted by Crippen LogP contribution is -2.47. The van der Waals surface area contributed by atoms with Gasteiger partial charge in [0, 0.05) is 31.5 Å². The molecule has 2 N–H and O–H groups in total. The third-order valence-electron chi connectivity index (χ3n) is 3.74. The van der Waals surface area contributed by atoms with Crippen LogP contribution in [0.5, 0.6) is 0 Å². The van der Waals surface area contributed by atoms with Crippen LogP contribution < -0.4 is 10.0 Å². The Morgan fingerprint density at radius 1 is 1.43 bits per heavy atom. The van der Waals surface area contributed by atoms with Crippen molar-refractivity contribution in [3.05, 3.63) is 23.5 Å². The first-order valence-corrected chi connectivity index (χ1v) is 8.63. The molecule has 0 bridgehead atoms. The van der Waals surface area contributed by atoms with Crippen LogP contribution in [-0.2, 0) is 14.8 Å². The van der Waals surface area contributed by atoms with Crippen LogP contribution in [-0.4, -0.2) is 46.8 Å². The van der Waals surface area contributed by atoms with Gasteiger partial charge in [-0.25, -0.2) is 13.1 Å². The van der Waals surface area contributed by atoms with Gasteiger partial charge in [0.2, 0.25) is 10.0 Å². The topological polar surface area (TPSA) is 80.3 Å². The third-order valence-corrected chi connectivity index (χ3v) is 5.32. The summed E-state index contributed by atoms with van der Waals surface area (Å²) in [5.74, 6) is 0. The number of hydrogen-bond acceptors (Lipinski definition) is 5. The summed E-state index contributed by atoms with van der Waals surface area (Å²) in [6, 6.07) is 1.39. The fourth-order valence-corrected chi connectivity index (χ4v) is 3.89. The minimum Gasteiger partial charge on any atom is -0.384 e. The van der Waals surface area contributed by atoms with Crippen molar-refractivity contribution in [3.8, 4) is 0 Å². The van der Waals surface area contributed by atoms with E-state index in [4.69, 9.17) is 16.3 Å². The summed E-state index contributed by atoms with van der Waals surface area (Å²) in [6.45, 7) is 2.61. The number of ether oxygens (including phenoxy) is 1. The fraction of sp³-hybridized carbons (Fsp3) is 0.615. The van der Waals surface area contributed by atoms with E-state index in [0.717, 1.165) is 25.9 Å². The number of piperidine rings is 1. The van der Waals surface area contributed by atoms with Crippen LogP contribution >= 0.6 is 11.6 Å². The van der Waals surface area contributed by atoms with Crippen molar-refractivity contribution in [2.45, 2.75) is 17.7 Å². The van der Waals surface area contributed by atoms with Gasteiger partial charge < -0.3 is 10.1 Å². The van der Waals surface area contributed by atoms with Gasteiger partial charge in [0.1, 0.15) is 4.90 Å². The summed E-state index contributed by atoms with van der Waals surface area (Å²) in [5.41, 5.74) is -0.168. The molecule has 1 aliphatic rings. The largest absolute Gasteiger partial charge is 0.384 e. The number of sulfonamides is 1. The normalized spacial score (nSPS) is 18.6. The SMILES string of the molecule is COCC1(CNS(=O)(=O)c2cncc(Cl)c2)CCNCC1. The van der Waals surface area contributed by atoms with Gasteiger partial charge in [-0.15, -0.1) is 0 Å². The molecule has 1 aliphatic heterocycles. The van der Waals surface area contributed by atoms with Crippen molar-refractivity contribution in [2.75, 3.05) is 33.4 Å². The van der Waals surface area contributed by atoms with E-state index in [-0.39, 0.29) is 10.3 Å². The molecule has 6 nitrogen and oxygen atoms in total. The minimum absolute atomic E-state index is 0.0801. The van der Waals surface area contributed by atoms with E-state index in [9.17, 15) is 8.42 Å². The number of halogens is 1. The smallest absolute Gasteiger partial charge is 0.242 e. The summed E-state index contributed by atoms with van der Waals surface area (Å²) in [6.07, 6.45) is 4.44. The maximum Gasteiger partial charge on any atom is 0.242 e. The van der Waals surface area contributed by atoms with Gasteiger partial charge in [-0.3, -0.25) is 4.98 Å². The van der Waals surface area contributed by atoms with E-state index >= 15 is 0 Å². The lowest BCUT2D eigenvalue weighted by molar-refractivity contribution is 0.0577. The number of nitrogens with one attached hydrogen (secondary N) is 2. The monoisotopic (exact) mass is 333 g/mol. The Balaban J connectivity index is 2.09. The molecule has 1 aromatic rings. The van der Waals surface area contributed by atoms with Crippen LogP contribution in [0.25, 0.3) is 0 Å². The van der Waals surface area contributed by atoms with Crippen LogP contribution in [0.4, 0.5) is 0 Å². The molecule has 21 heavy (non-hydrogen) atoms. The molecule has 0 atom stereocenters. The van der Waals surface area contributed by atoms with E-state index in [1.54, 1.807) is 7.11 Å². The van der Waals surface area contributed by atoms with Gasteiger partial charge in [-0.05, 0) is 32.0 Å². The van der Waals surface area contributed by atoms with Crippen molar-refractivity contribution < 1.29 is 13.2 Å². The standard InChI is InChI=1S/C13H20ClN3O3S/c1-20-10-13(2-4-15-5-3-13)9-17-21(18,19)12-6-11(14)7-16-8-12/h6-8,15,17H,2-5,9-10H2,1H3. The van der Waals surface area contributed by atoms with E-state index in [2.05, 4.69) is 15.0 Å². The molecule has 0 amide bonds. The van der Waals surface area contributed by atoms with Crippen molar-refractivity contribution in [1.82, 2.24) is 15.0 Å². The minimum atomic E-state index is -3.61. The van der Waals surface area contributed by atoms with Gasteiger partial charge in [0.15, 0.2) is 0 Å². The van der Waals surface area contributed by atoms with Crippen LogP contribution in [0.1, 0.15) is 12.8 Å². The zero-order valence-electron chi connectivity index (χ0n) is 11.9. The molecule has 0 radical (unpaired) electrons. The lowest BCUT2D eigenvalue weighted by atomic mass is 9.80. The van der Waals surface area contributed by atoms with E-state index in [1.807, 2.05) is 0 Å². The second-order valence-corrected chi connectivity index (χ2v) is 7.55. The van der Waals surface area contributed by atoms with E-state index in [1.165, 1.54) is 18.5 Å². The Hall–Kier alpha value is -0.730. The zero-order chi connectivity index (χ0) is 15.3. The molecule has 0 aromatic carbocycles. The summed E-state index contributed by atoms with van der Waals surface area (Å²) in [5, 5.41) is 3.57. The summed E-state index contributed by atoms with van der Waals surface area (Å²) in [7, 11) is -1.97. The summed E-state index contributed by atoms with van der Waals surface area (Å²) in [4.78, 5) is 3.89. The molecule has 0 unspecified atom stereocenters. The molecular weight excluding hydrogens is 314 g/mol. The van der Waals surface area contributed by atoms with Crippen molar-refractivity contribution in [2.24, 2.45) is 5.41 Å². The van der Waals surface area contributed by atoms with Crippen LogP contribution in [0.15, 0.2) is 23.4 Å². The Kier molecular flexibility index (Phi) is 5.56. The average molecular weight is 334 g/mol. The van der Waals surface area contributed by atoms with Gasteiger partial charge in [-0.1, -0.05) is 11.6 Å². The van der Waals surface area contributed by atoms with Gasteiger partial charge in [-0.2, -0.15) is 0 Å². The zero-order valence-corrected chi connectivity index (χ0v) is 13.5. The maximum absolute atomic E-state index is 12.3. The molecule has 0 aliphatic carbocycles. The van der Waals surface area contributed by atoms with Crippen LogP contribution in [0.2, 0.25) is 5.02 Å². The number of hydrogen-bond donors (Lipinski definition) is 2. The number of pyridine rings is 1. The fourth-order valence-electron chi connectivity index (χ4n) is 2.51. The number of nitrogens with zero attached hydrogens (tertiary/aromatic N) is 1. The molecule has 0 spiro atoms. The maximum atomic E-state index is 12.3. The Labute approximate surface area is 130 Å². The number of aromatic nitrogens is 1. The van der Waals surface area contributed by atoms with Crippen LogP contribution in [0, 0.1) is 5.41 Å². The molecule has 2 heterocycles. The highest BCUT2D eigenvalue weighted by Crippen LogP contribution is 2.29. The summed E-state index contributed by atoms with van der Waals surface area (Å²) < 4.78 is 32.6. The first kappa shape index (κ1) is 16.6. The Morgan fingerprint density at radius 3 is 2.76 bits per heavy atom. The highest BCUT2D eigenvalue weighted by atomic mass is 35.5.